The zero-order valence-corrected chi connectivity index (χ0v) is 12.0. The second kappa shape index (κ2) is 7.04. The number of hydrogen-bond acceptors (Lipinski definition) is 3. The maximum absolute atomic E-state index is 11.7. The molecule has 2 aromatic rings. The average molecular weight is 320 g/mol. The van der Waals surface area contributed by atoms with Crippen LogP contribution in [0.25, 0.3) is 0 Å². The topological polar surface area (TPSA) is 39.2 Å². The van der Waals surface area contributed by atoms with Gasteiger partial charge in [-0.25, -0.2) is 4.79 Å². The first kappa shape index (κ1) is 13.7. The van der Waals surface area contributed by atoms with Crippen molar-refractivity contribution in [1.29, 1.82) is 0 Å². The maximum Gasteiger partial charge on any atom is 0.338 e. The number of benzene rings is 1. The van der Waals surface area contributed by atoms with Gasteiger partial charge in [0.25, 0.3) is 0 Å². The Balaban J connectivity index is 1.74. The van der Waals surface area contributed by atoms with Gasteiger partial charge < -0.3 is 4.74 Å². The Hall–Kier alpha value is -1.68. The predicted octanol–water partition coefficient (Wildman–Crippen LogP) is 3.63. The van der Waals surface area contributed by atoms with Crippen LogP contribution in [0.4, 0.5) is 0 Å². The van der Waals surface area contributed by atoms with Crippen LogP contribution in [0.3, 0.4) is 0 Å². The van der Waals surface area contributed by atoms with Crippen molar-refractivity contribution in [1.82, 2.24) is 4.98 Å². The van der Waals surface area contributed by atoms with Crippen LogP contribution in [0.5, 0.6) is 0 Å². The summed E-state index contributed by atoms with van der Waals surface area (Å²) in [5.41, 5.74) is 1.78. The second-order valence-corrected chi connectivity index (χ2v) is 5.02. The molecular formula is C15H14BrNO2. The first-order chi connectivity index (χ1) is 9.25. The third-order valence-corrected chi connectivity index (χ3v) is 3.20. The summed E-state index contributed by atoms with van der Waals surface area (Å²) in [6.07, 6.45) is 5.23. The fraction of sp³-hybridized carbons (Fsp3) is 0.200. The molecule has 0 amide bonds. The van der Waals surface area contributed by atoms with E-state index >= 15 is 0 Å². The van der Waals surface area contributed by atoms with E-state index in [-0.39, 0.29) is 5.97 Å². The van der Waals surface area contributed by atoms with Crippen molar-refractivity contribution in [3.8, 4) is 0 Å². The molecule has 98 valence electrons. The highest BCUT2D eigenvalue weighted by Crippen LogP contribution is 2.11. The zero-order valence-electron chi connectivity index (χ0n) is 10.4. The van der Waals surface area contributed by atoms with Gasteiger partial charge in [-0.3, -0.25) is 4.98 Å². The first-order valence-corrected chi connectivity index (χ1v) is 6.86. The number of ether oxygens (including phenoxy) is 1. The lowest BCUT2D eigenvalue weighted by molar-refractivity contribution is 0.0500. The largest absolute Gasteiger partial charge is 0.462 e. The summed E-state index contributed by atoms with van der Waals surface area (Å²) in [7, 11) is 0. The van der Waals surface area contributed by atoms with Crippen molar-refractivity contribution < 1.29 is 9.53 Å². The SMILES string of the molecule is O=C(OCCCc1ccncc1)c1ccc(Br)cc1. The molecule has 0 N–H and O–H groups in total. The number of carbonyl (C=O) groups is 1. The summed E-state index contributed by atoms with van der Waals surface area (Å²) in [6, 6.07) is 11.1. The molecule has 0 bridgehead atoms. The number of nitrogens with zero attached hydrogens (tertiary/aromatic N) is 1. The number of pyridine rings is 1. The molecule has 0 unspecified atom stereocenters. The van der Waals surface area contributed by atoms with Crippen LogP contribution in [-0.2, 0) is 11.2 Å². The van der Waals surface area contributed by atoms with E-state index in [1.165, 1.54) is 5.56 Å². The molecule has 0 radical (unpaired) electrons. The molecule has 1 heterocycles. The molecule has 0 saturated heterocycles. The first-order valence-electron chi connectivity index (χ1n) is 6.07. The van der Waals surface area contributed by atoms with Crippen LogP contribution < -0.4 is 0 Å². The molecule has 0 atom stereocenters. The van der Waals surface area contributed by atoms with E-state index in [1.54, 1.807) is 24.5 Å². The monoisotopic (exact) mass is 319 g/mol. The lowest BCUT2D eigenvalue weighted by atomic mass is 10.1. The van der Waals surface area contributed by atoms with E-state index < -0.39 is 0 Å². The van der Waals surface area contributed by atoms with Crippen molar-refractivity contribution in [2.45, 2.75) is 12.8 Å². The Morgan fingerprint density at radius 3 is 2.47 bits per heavy atom. The van der Waals surface area contributed by atoms with Gasteiger partial charge in [-0.1, -0.05) is 15.9 Å². The van der Waals surface area contributed by atoms with Crippen LogP contribution in [0.15, 0.2) is 53.3 Å². The molecule has 0 saturated carbocycles. The van der Waals surface area contributed by atoms with Gasteiger partial charge in [-0.2, -0.15) is 0 Å². The quantitative estimate of drug-likeness (QED) is 0.624. The number of rotatable bonds is 5. The molecule has 1 aromatic carbocycles. The van der Waals surface area contributed by atoms with Gasteiger partial charge in [-0.15, -0.1) is 0 Å². The van der Waals surface area contributed by atoms with Crippen molar-refractivity contribution >= 4 is 21.9 Å². The van der Waals surface area contributed by atoms with Crippen LogP contribution in [0, 0.1) is 0 Å². The second-order valence-electron chi connectivity index (χ2n) is 4.10. The Labute approximate surface area is 120 Å². The number of aromatic nitrogens is 1. The van der Waals surface area contributed by atoms with Crippen LogP contribution >= 0.6 is 15.9 Å². The van der Waals surface area contributed by atoms with Gasteiger partial charge in [0.15, 0.2) is 0 Å². The van der Waals surface area contributed by atoms with Gasteiger partial charge >= 0.3 is 5.97 Å². The maximum atomic E-state index is 11.7. The van der Waals surface area contributed by atoms with E-state index in [0.717, 1.165) is 17.3 Å². The van der Waals surface area contributed by atoms with E-state index in [1.807, 2.05) is 24.3 Å². The molecule has 4 heteroatoms. The van der Waals surface area contributed by atoms with Crippen LogP contribution in [0.2, 0.25) is 0 Å². The van der Waals surface area contributed by atoms with Gasteiger partial charge in [0.1, 0.15) is 0 Å². The summed E-state index contributed by atoms with van der Waals surface area (Å²) in [5, 5.41) is 0. The van der Waals surface area contributed by atoms with Gasteiger partial charge in [0.2, 0.25) is 0 Å². The summed E-state index contributed by atoms with van der Waals surface area (Å²) in [4.78, 5) is 15.7. The number of hydrogen-bond donors (Lipinski definition) is 0. The Kier molecular flexibility index (Phi) is 5.10. The van der Waals surface area contributed by atoms with Crippen molar-refractivity contribution in [3.05, 3.63) is 64.4 Å². The Morgan fingerprint density at radius 2 is 1.79 bits per heavy atom. The molecule has 0 aliphatic heterocycles. The van der Waals surface area contributed by atoms with E-state index in [4.69, 9.17) is 4.74 Å². The summed E-state index contributed by atoms with van der Waals surface area (Å²) < 4.78 is 6.17. The van der Waals surface area contributed by atoms with Crippen LogP contribution in [0.1, 0.15) is 22.3 Å². The number of aryl methyl sites for hydroxylation is 1. The Bertz CT molecular complexity index is 526. The standard InChI is InChI=1S/C15H14BrNO2/c16-14-5-3-13(4-6-14)15(18)19-11-1-2-12-7-9-17-10-8-12/h3-10H,1-2,11H2. The fourth-order valence-electron chi connectivity index (χ4n) is 1.66. The average Bonchev–Trinajstić information content (AvgIpc) is 2.45. The predicted molar refractivity (Wildman–Crippen MR) is 77.0 cm³/mol. The normalized spacial score (nSPS) is 10.2. The molecule has 1 aromatic heterocycles. The Morgan fingerprint density at radius 1 is 1.11 bits per heavy atom. The molecule has 0 fully saturated rings. The van der Waals surface area contributed by atoms with E-state index in [9.17, 15) is 4.79 Å². The summed E-state index contributed by atoms with van der Waals surface area (Å²) in [5.74, 6) is -0.276. The molecule has 19 heavy (non-hydrogen) atoms. The van der Waals surface area contributed by atoms with Crippen molar-refractivity contribution in [2.24, 2.45) is 0 Å². The third kappa shape index (κ3) is 4.48. The van der Waals surface area contributed by atoms with Gasteiger partial charge in [0.05, 0.1) is 12.2 Å². The lowest BCUT2D eigenvalue weighted by Gasteiger charge is -2.05. The van der Waals surface area contributed by atoms with Gasteiger partial charge in [0, 0.05) is 16.9 Å². The summed E-state index contributed by atoms with van der Waals surface area (Å²) in [6.45, 7) is 0.428. The molecule has 0 spiro atoms. The number of carbonyl (C=O) groups excluding carboxylic acids is 1. The minimum atomic E-state index is -0.276. The minimum absolute atomic E-state index is 0.276. The number of halogens is 1. The third-order valence-electron chi connectivity index (χ3n) is 2.67. The fourth-order valence-corrected chi connectivity index (χ4v) is 1.92. The number of esters is 1. The van der Waals surface area contributed by atoms with Crippen molar-refractivity contribution in [3.63, 3.8) is 0 Å². The molecule has 0 aliphatic carbocycles. The van der Waals surface area contributed by atoms with E-state index in [0.29, 0.717) is 12.2 Å². The van der Waals surface area contributed by atoms with Crippen molar-refractivity contribution in [2.75, 3.05) is 6.61 Å². The van der Waals surface area contributed by atoms with E-state index in [2.05, 4.69) is 20.9 Å². The zero-order chi connectivity index (χ0) is 13.5. The molecular weight excluding hydrogens is 306 g/mol. The minimum Gasteiger partial charge on any atom is -0.462 e. The molecule has 0 aliphatic rings. The molecule has 2 rings (SSSR count). The highest BCUT2D eigenvalue weighted by Gasteiger charge is 2.06. The highest BCUT2D eigenvalue weighted by molar-refractivity contribution is 9.10. The molecule has 3 nitrogen and oxygen atoms in total. The summed E-state index contributed by atoms with van der Waals surface area (Å²) >= 11 is 3.33. The van der Waals surface area contributed by atoms with Gasteiger partial charge in [-0.05, 0) is 54.8 Å². The lowest BCUT2D eigenvalue weighted by Crippen LogP contribution is -2.07. The highest BCUT2D eigenvalue weighted by atomic mass is 79.9. The smallest absolute Gasteiger partial charge is 0.338 e. The van der Waals surface area contributed by atoms with Crippen LogP contribution in [-0.4, -0.2) is 17.6 Å².